The summed E-state index contributed by atoms with van der Waals surface area (Å²) in [5, 5.41) is 13.3. The molecule has 0 unspecified atom stereocenters. The van der Waals surface area contributed by atoms with E-state index in [2.05, 4.69) is 9.89 Å². The van der Waals surface area contributed by atoms with E-state index in [4.69, 9.17) is 4.84 Å². The Hall–Kier alpha value is -2.04. The summed E-state index contributed by atoms with van der Waals surface area (Å²) >= 11 is 0. The molecule has 1 aromatic carbocycles. The monoisotopic (exact) mass is 251 g/mol. The number of oxime groups is 1. The number of benzene rings is 1. The lowest BCUT2D eigenvalue weighted by Crippen LogP contribution is -2.12. The molecule has 0 saturated heterocycles. The van der Waals surface area contributed by atoms with E-state index in [9.17, 15) is 9.90 Å². The molecule has 0 aliphatic rings. The quantitative estimate of drug-likeness (QED) is 0.476. The molecular formula is C13H17NO4. The van der Waals surface area contributed by atoms with Crippen LogP contribution in [0.2, 0.25) is 0 Å². The molecule has 0 aliphatic carbocycles. The van der Waals surface area contributed by atoms with Crippen LogP contribution < -0.4 is 0 Å². The Labute approximate surface area is 106 Å². The van der Waals surface area contributed by atoms with Crippen molar-refractivity contribution in [1.82, 2.24) is 0 Å². The Bertz CT molecular complexity index is 429. The zero-order chi connectivity index (χ0) is 13.4. The van der Waals surface area contributed by atoms with E-state index in [-0.39, 0.29) is 18.1 Å². The number of aromatic hydroxyl groups is 1. The largest absolute Gasteiger partial charge is 0.508 e. The van der Waals surface area contributed by atoms with Gasteiger partial charge in [0.2, 0.25) is 0 Å². The van der Waals surface area contributed by atoms with E-state index < -0.39 is 0 Å². The molecule has 1 aromatic rings. The molecule has 0 atom stereocenters. The topological polar surface area (TPSA) is 68.1 Å². The minimum atomic E-state index is -0.367. The SMILES string of the molecule is CCON=C(CC(=O)OC)Cc1cccc(O)c1. The van der Waals surface area contributed by atoms with Gasteiger partial charge in [0.15, 0.2) is 0 Å². The van der Waals surface area contributed by atoms with Gasteiger partial charge in [-0.3, -0.25) is 4.79 Å². The minimum absolute atomic E-state index is 0.0756. The molecule has 98 valence electrons. The molecule has 1 rings (SSSR count). The standard InChI is InChI=1S/C13H17NO4/c1-3-18-14-11(9-13(16)17-2)7-10-5-4-6-12(15)8-10/h4-6,8,15H,3,7,9H2,1-2H3. The third kappa shape index (κ3) is 4.86. The number of hydrogen-bond donors (Lipinski definition) is 1. The van der Waals surface area contributed by atoms with Crippen LogP contribution in [-0.2, 0) is 20.8 Å². The number of ether oxygens (including phenoxy) is 1. The van der Waals surface area contributed by atoms with Crippen molar-refractivity contribution in [2.24, 2.45) is 5.16 Å². The van der Waals surface area contributed by atoms with E-state index in [1.54, 1.807) is 18.2 Å². The van der Waals surface area contributed by atoms with Crippen molar-refractivity contribution in [3.8, 4) is 5.75 Å². The number of esters is 1. The molecule has 0 fully saturated rings. The zero-order valence-electron chi connectivity index (χ0n) is 10.5. The van der Waals surface area contributed by atoms with Gasteiger partial charge in [-0.05, 0) is 24.6 Å². The predicted octanol–water partition coefficient (Wildman–Crippen LogP) is 1.89. The number of carbonyl (C=O) groups excluding carboxylic acids is 1. The van der Waals surface area contributed by atoms with Gasteiger partial charge in [0.1, 0.15) is 12.4 Å². The second kappa shape index (κ2) is 7.32. The van der Waals surface area contributed by atoms with Gasteiger partial charge in [-0.2, -0.15) is 0 Å². The van der Waals surface area contributed by atoms with Gasteiger partial charge < -0.3 is 14.7 Å². The lowest BCUT2D eigenvalue weighted by molar-refractivity contribution is -0.139. The maximum Gasteiger partial charge on any atom is 0.311 e. The second-order valence-electron chi connectivity index (χ2n) is 3.67. The fourth-order valence-electron chi connectivity index (χ4n) is 1.42. The fourth-order valence-corrected chi connectivity index (χ4v) is 1.42. The van der Waals surface area contributed by atoms with Gasteiger partial charge in [-0.15, -0.1) is 0 Å². The fraction of sp³-hybridized carbons (Fsp3) is 0.385. The number of methoxy groups -OCH3 is 1. The summed E-state index contributed by atoms with van der Waals surface area (Å²) in [5.74, 6) is -0.185. The Balaban J connectivity index is 2.74. The van der Waals surface area contributed by atoms with Crippen LogP contribution in [0.3, 0.4) is 0 Å². The summed E-state index contributed by atoms with van der Waals surface area (Å²) in [7, 11) is 1.33. The van der Waals surface area contributed by atoms with Gasteiger partial charge in [-0.1, -0.05) is 17.3 Å². The number of nitrogens with zero attached hydrogens (tertiary/aromatic N) is 1. The lowest BCUT2D eigenvalue weighted by Gasteiger charge is -2.06. The van der Waals surface area contributed by atoms with E-state index in [1.807, 2.05) is 13.0 Å². The molecule has 5 heteroatoms. The van der Waals surface area contributed by atoms with Crippen molar-refractivity contribution in [3.05, 3.63) is 29.8 Å². The summed E-state index contributed by atoms with van der Waals surface area (Å²) in [6.45, 7) is 2.25. The highest BCUT2D eigenvalue weighted by Gasteiger charge is 2.10. The van der Waals surface area contributed by atoms with Crippen molar-refractivity contribution in [3.63, 3.8) is 0 Å². The van der Waals surface area contributed by atoms with Crippen LogP contribution in [0.4, 0.5) is 0 Å². The second-order valence-corrected chi connectivity index (χ2v) is 3.67. The molecule has 1 N–H and O–H groups in total. The van der Waals surface area contributed by atoms with Crippen molar-refractivity contribution in [2.45, 2.75) is 19.8 Å². The number of phenolic OH excluding ortho intramolecular Hbond substituents is 1. The Morgan fingerprint density at radius 1 is 1.44 bits per heavy atom. The van der Waals surface area contributed by atoms with Crippen molar-refractivity contribution in [1.29, 1.82) is 0 Å². The summed E-state index contributed by atoms with van der Waals surface area (Å²) < 4.78 is 4.60. The van der Waals surface area contributed by atoms with Gasteiger partial charge in [0, 0.05) is 6.42 Å². The maximum atomic E-state index is 11.2. The first-order valence-electron chi connectivity index (χ1n) is 5.68. The van der Waals surface area contributed by atoms with Crippen LogP contribution in [0.5, 0.6) is 5.75 Å². The van der Waals surface area contributed by atoms with Crippen LogP contribution in [0.25, 0.3) is 0 Å². The highest BCUT2D eigenvalue weighted by molar-refractivity contribution is 5.99. The van der Waals surface area contributed by atoms with Gasteiger partial charge in [0.05, 0.1) is 19.2 Å². The third-order valence-corrected chi connectivity index (χ3v) is 2.22. The first kappa shape index (κ1) is 14.0. The number of rotatable bonds is 6. The molecular weight excluding hydrogens is 234 g/mol. The lowest BCUT2D eigenvalue weighted by atomic mass is 10.1. The first-order valence-corrected chi connectivity index (χ1v) is 5.68. The molecule has 0 aromatic heterocycles. The Morgan fingerprint density at radius 2 is 2.22 bits per heavy atom. The highest BCUT2D eigenvalue weighted by Crippen LogP contribution is 2.12. The number of carbonyl (C=O) groups is 1. The Kier molecular flexibility index (Phi) is 5.70. The predicted molar refractivity (Wildman–Crippen MR) is 67.5 cm³/mol. The highest BCUT2D eigenvalue weighted by atomic mass is 16.6. The number of phenols is 1. The van der Waals surface area contributed by atoms with Gasteiger partial charge in [-0.25, -0.2) is 0 Å². The molecule has 5 nitrogen and oxygen atoms in total. The van der Waals surface area contributed by atoms with Crippen LogP contribution in [0.15, 0.2) is 29.4 Å². The zero-order valence-corrected chi connectivity index (χ0v) is 10.5. The summed E-state index contributed by atoms with van der Waals surface area (Å²) in [6, 6.07) is 6.79. The molecule has 18 heavy (non-hydrogen) atoms. The van der Waals surface area contributed by atoms with E-state index in [1.165, 1.54) is 7.11 Å². The van der Waals surface area contributed by atoms with E-state index >= 15 is 0 Å². The van der Waals surface area contributed by atoms with Crippen LogP contribution in [0.1, 0.15) is 18.9 Å². The first-order chi connectivity index (χ1) is 8.65. The molecule has 0 aliphatic heterocycles. The van der Waals surface area contributed by atoms with Crippen LogP contribution in [-0.4, -0.2) is 30.5 Å². The molecule has 0 bridgehead atoms. The van der Waals surface area contributed by atoms with Crippen molar-refractivity contribution < 1.29 is 19.5 Å². The van der Waals surface area contributed by atoms with Crippen molar-refractivity contribution >= 4 is 11.7 Å². The van der Waals surface area contributed by atoms with Crippen LogP contribution in [0, 0.1) is 0 Å². The normalized spacial score (nSPS) is 11.1. The summed E-state index contributed by atoms with van der Waals surface area (Å²) in [5.41, 5.74) is 1.42. The van der Waals surface area contributed by atoms with Gasteiger partial charge >= 0.3 is 5.97 Å². The van der Waals surface area contributed by atoms with E-state index in [0.29, 0.717) is 18.7 Å². The average Bonchev–Trinajstić information content (AvgIpc) is 2.35. The average molecular weight is 251 g/mol. The maximum absolute atomic E-state index is 11.2. The molecule has 0 heterocycles. The third-order valence-electron chi connectivity index (χ3n) is 2.22. The van der Waals surface area contributed by atoms with E-state index in [0.717, 1.165) is 5.56 Å². The summed E-state index contributed by atoms with van der Waals surface area (Å²) in [6.07, 6.45) is 0.510. The molecule has 0 radical (unpaired) electrons. The molecule has 0 saturated carbocycles. The molecule has 0 amide bonds. The minimum Gasteiger partial charge on any atom is -0.508 e. The van der Waals surface area contributed by atoms with Crippen LogP contribution >= 0.6 is 0 Å². The smallest absolute Gasteiger partial charge is 0.311 e. The number of hydrogen-bond acceptors (Lipinski definition) is 5. The summed E-state index contributed by atoms with van der Waals surface area (Å²) in [4.78, 5) is 16.2. The Morgan fingerprint density at radius 3 is 2.83 bits per heavy atom. The van der Waals surface area contributed by atoms with Gasteiger partial charge in [0.25, 0.3) is 0 Å². The molecule has 0 spiro atoms. The van der Waals surface area contributed by atoms with Crippen molar-refractivity contribution in [2.75, 3.05) is 13.7 Å².